The Morgan fingerprint density at radius 3 is 2.70 bits per heavy atom. The lowest BCUT2D eigenvalue weighted by Gasteiger charge is -2.23. The Bertz CT molecular complexity index is 508. The third kappa shape index (κ3) is 3.15. The molecule has 2 N–H and O–H groups in total. The normalized spacial score (nSPS) is 16.9. The van der Waals surface area contributed by atoms with E-state index in [0.29, 0.717) is 12.8 Å². The molecule has 0 aliphatic heterocycles. The van der Waals surface area contributed by atoms with Gasteiger partial charge in [-0.3, -0.25) is 14.6 Å². The number of pyridine rings is 1. The van der Waals surface area contributed by atoms with Crippen LogP contribution in [-0.4, -0.2) is 28.5 Å². The molecular formula is C15H20N2O3. The van der Waals surface area contributed by atoms with Crippen LogP contribution in [0.25, 0.3) is 0 Å². The predicted octanol–water partition coefficient (Wildman–Crippen LogP) is 1.69. The molecule has 1 aromatic rings. The fourth-order valence-electron chi connectivity index (χ4n) is 2.70. The molecule has 0 spiro atoms. The van der Waals surface area contributed by atoms with Crippen LogP contribution in [0.4, 0.5) is 0 Å². The number of aryl methyl sites for hydroxylation is 1. The van der Waals surface area contributed by atoms with Crippen LogP contribution in [0.2, 0.25) is 0 Å². The van der Waals surface area contributed by atoms with E-state index >= 15 is 0 Å². The van der Waals surface area contributed by atoms with E-state index in [0.717, 1.165) is 24.1 Å². The molecule has 1 aliphatic carbocycles. The summed E-state index contributed by atoms with van der Waals surface area (Å²) in [6.45, 7) is 2.12. The SMILES string of the molecule is Cc1cccnc1CC(=O)NCC1(C(=O)O)CCCC1. The Morgan fingerprint density at radius 2 is 2.10 bits per heavy atom. The molecule has 0 bridgehead atoms. The quantitative estimate of drug-likeness (QED) is 0.857. The number of aromatic nitrogens is 1. The van der Waals surface area contributed by atoms with Crippen molar-refractivity contribution in [2.45, 2.75) is 39.0 Å². The first-order valence-corrected chi connectivity index (χ1v) is 6.94. The maximum atomic E-state index is 11.9. The maximum absolute atomic E-state index is 11.9. The van der Waals surface area contributed by atoms with Crippen molar-refractivity contribution >= 4 is 11.9 Å². The van der Waals surface area contributed by atoms with Gasteiger partial charge in [0.05, 0.1) is 17.5 Å². The number of amides is 1. The first-order chi connectivity index (χ1) is 9.53. The third-order valence-electron chi connectivity index (χ3n) is 4.08. The summed E-state index contributed by atoms with van der Waals surface area (Å²) >= 11 is 0. The molecule has 5 heteroatoms. The molecule has 20 heavy (non-hydrogen) atoms. The average Bonchev–Trinajstić information content (AvgIpc) is 2.89. The average molecular weight is 276 g/mol. The minimum atomic E-state index is -0.802. The van der Waals surface area contributed by atoms with Gasteiger partial charge in [0, 0.05) is 12.7 Å². The molecule has 1 saturated carbocycles. The fourth-order valence-corrected chi connectivity index (χ4v) is 2.70. The zero-order valence-electron chi connectivity index (χ0n) is 11.7. The molecular weight excluding hydrogens is 256 g/mol. The van der Waals surface area contributed by atoms with Gasteiger partial charge in [0.15, 0.2) is 0 Å². The monoisotopic (exact) mass is 276 g/mol. The van der Waals surface area contributed by atoms with Crippen molar-refractivity contribution in [2.75, 3.05) is 6.54 Å². The molecule has 0 atom stereocenters. The maximum Gasteiger partial charge on any atom is 0.311 e. The van der Waals surface area contributed by atoms with Gasteiger partial charge in [0.2, 0.25) is 5.91 Å². The van der Waals surface area contributed by atoms with Gasteiger partial charge in [0.1, 0.15) is 0 Å². The fraction of sp³-hybridized carbons (Fsp3) is 0.533. The summed E-state index contributed by atoms with van der Waals surface area (Å²) in [7, 11) is 0. The molecule has 1 heterocycles. The van der Waals surface area contributed by atoms with E-state index in [9.17, 15) is 14.7 Å². The molecule has 1 amide bonds. The van der Waals surface area contributed by atoms with Crippen LogP contribution in [-0.2, 0) is 16.0 Å². The van der Waals surface area contributed by atoms with E-state index < -0.39 is 11.4 Å². The van der Waals surface area contributed by atoms with Gasteiger partial charge < -0.3 is 10.4 Å². The van der Waals surface area contributed by atoms with Gasteiger partial charge in [-0.2, -0.15) is 0 Å². The van der Waals surface area contributed by atoms with Gasteiger partial charge in [-0.25, -0.2) is 0 Å². The molecule has 0 saturated heterocycles. The zero-order chi connectivity index (χ0) is 14.6. The second-order valence-corrected chi connectivity index (χ2v) is 5.51. The molecule has 2 rings (SSSR count). The number of nitrogens with zero attached hydrogens (tertiary/aromatic N) is 1. The molecule has 0 unspecified atom stereocenters. The lowest BCUT2D eigenvalue weighted by molar-refractivity contribution is -0.148. The van der Waals surface area contributed by atoms with E-state index in [-0.39, 0.29) is 18.9 Å². The number of carbonyl (C=O) groups excluding carboxylic acids is 1. The summed E-state index contributed by atoms with van der Waals surface area (Å²) < 4.78 is 0. The molecule has 5 nitrogen and oxygen atoms in total. The van der Waals surface area contributed by atoms with Crippen LogP contribution in [0.5, 0.6) is 0 Å². The van der Waals surface area contributed by atoms with E-state index in [1.165, 1.54) is 0 Å². The number of carbonyl (C=O) groups is 2. The highest BCUT2D eigenvalue weighted by Crippen LogP contribution is 2.37. The van der Waals surface area contributed by atoms with E-state index in [1.54, 1.807) is 6.20 Å². The van der Waals surface area contributed by atoms with Crippen LogP contribution < -0.4 is 5.32 Å². The summed E-state index contributed by atoms with van der Waals surface area (Å²) in [5.41, 5.74) is 0.937. The highest BCUT2D eigenvalue weighted by molar-refractivity contribution is 5.80. The highest BCUT2D eigenvalue weighted by Gasteiger charge is 2.41. The number of hydrogen-bond acceptors (Lipinski definition) is 3. The first kappa shape index (κ1) is 14.5. The second-order valence-electron chi connectivity index (χ2n) is 5.51. The van der Waals surface area contributed by atoms with Crippen molar-refractivity contribution in [3.8, 4) is 0 Å². The third-order valence-corrected chi connectivity index (χ3v) is 4.08. The summed E-state index contributed by atoms with van der Waals surface area (Å²) in [5.74, 6) is -0.969. The zero-order valence-corrected chi connectivity index (χ0v) is 11.7. The number of aliphatic carboxylic acids is 1. The van der Waals surface area contributed by atoms with Crippen LogP contribution in [0.15, 0.2) is 18.3 Å². The van der Waals surface area contributed by atoms with Gasteiger partial charge in [-0.05, 0) is 31.4 Å². The number of rotatable bonds is 5. The molecule has 108 valence electrons. The molecule has 0 aromatic carbocycles. The predicted molar refractivity (Wildman–Crippen MR) is 74.2 cm³/mol. The highest BCUT2D eigenvalue weighted by atomic mass is 16.4. The van der Waals surface area contributed by atoms with Crippen molar-refractivity contribution in [3.63, 3.8) is 0 Å². The lowest BCUT2D eigenvalue weighted by Crippen LogP contribution is -2.41. The van der Waals surface area contributed by atoms with Crippen LogP contribution in [0.1, 0.15) is 36.9 Å². The number of carboxylic acids is 1. The Morgan fingerprint density at radius 1 is 1.40 bits per heavy atom. The van der Waals surface area contributed by atoms with Gasteiger partial charge in [-0.15, -0.1) is 0 Å². The topological polar surface area (TPSA) is 79.3 Å². The minimum Gasteiger partial charge on any atom is -0.481 e. The Kier molecular flexibility index (Phi) is 4.37. The van der Waals surface area contributed by atoms with Gasteiger partial charge >= 0.3 is 5.97 Å². The molecule has 1 fully saturated rings. The van der Waals surface area contributed by atoms with Crippen LogP contribution >= 0.6 is 0 Å². The van der Waals surface area contributed by atoms with Gasteiger partial charge in [-0.1, -0.05) is 18.9 Å². The number of nitrogens with one attached hydrogen (secondary N) is 1. The lowest BCUT2D eigenvalue weighted by atomic mass is 9.86. The molecule has 1 aliphatic rings. The minimum absolute atomic E-state index is 0.167. The first-order valence-electron chi connectivity index (χ1n) is 6.94. The standard InChI is InChI=1S/C15H20N2O3/c1-11-5-4-8-16-12(11)9-13(18)17-10-15(14(19)20)6-2-3-7-15/h4-5,8H,2-3,6-7,9-10H2,1H3,(H,17,18)(H,19,20). The number of carboxylic acid groups (broad SMARTS) is 1. The second kappa shape index (κ2) is 6.03. The smallest absolute Gasteiger partial charge is 0.311 e. The van der Waals surface area contributed by atoms with Crippen LogP contribution in [0, 0.1) is 12.3 Å². The van der Waals surface area contributed by atoms with Crippen molar-refractivity contribution in [2.24, 2.45) is 5.41 Å². The Hall–Kier alpha value is -1.91. The Labute approximate surface area is 118 Å². The van der Waals surface area contributed by atoms with E-state index in [1.807, 2.05) is 19.1 Å². The molecule has 0 radical (unpaired) electrons. The molecule has 1 aromatic heterocycles. The van der Waals surface area contributed by atoms with Crippen molar-refractivity contribution < 1.29 is 14.7 Å². The summed E-state index contributed by atoms with van der Waals surface area (Å²) in [4.78, 5) is 27.5. The summed E-state index contributed by atoms with van der Waals surface area (Å²) in [6, 6.07) is 3.74. The van der Waals surface area contributed by atoms with Gasteiger partial charge in [0.25, 0.3) is 0 Å². The largest absolute Gasteiger partial charge is 0.481 e. The summed E-state index contributed by atoms with van der Waals surface area (Å²) in [6.07, 6.45) is 4.98. The van der Waals surface area contributed by atoms with Crippen LogP contribution in [0.3, 0.4) is 0 Å². The number of hydrogen-bond donors (Lipinski definition) is 2. The van der Waals surface area contributed by atoms with Crippen molar-refractivity contribution in [1.29, 1.82) is 0 Å². The Balaban J connectivity index is 1.92. The van der Waals surface area contributed by atoms with E-state index in [2.05, 4.69) is 10.3 Å². The van der Waals surface area contributed by atoms with E-state index in [4.69, 9.17) is 0 Å². The van der Waals surface area contributed by atoms with Crippen molar-refractivity contribution in [1.82, 2.24) is 10.3 Å². The van der Waals surface area contributed by atoms with Crippen molar-refractivity contribution in [3.05, 3.63) is 29.6 Å². The summed E-state index contributed by atoms with van der Waals surface area (Å²) in [5, 5.41) is 12.1.